The molecule has 14 heavy (non-hydrogen) atoms. The normalized spacial score (nSPS) is 11.1. The number of nitrogens with two attached hydrogens (primary N) is 1. The molecule has 0 saturated carbocycles. The quantitative estimate of drug-likeness (QED) is 0.884. The maximum Gasteiger partial charge on any atom is 0.0394 e. The summed E-state index contributed by atoms with van der Waals surface area (Å²) >= 11 is 8.90. The summed E-state index contributed by atoms with van der Waals surface area (Å²) in [5.41, 5.74) is 5.56. The Morgan fingerprint density at radius 1 is 1.29 bits per heavy atom. The first-order valence-electron chi connectivity index (χ1n) is 4.29. The molecule has 2 aromatic rings. The van der Waals surface area contributed by atoms with Crippen molar-refractivity contribution in [3.63, 3.8) is 0 Å². The molecule has 74 valence electrons. The van der Waals surface area contributed by atoms with Gasteiger partial charge in [-0.2, -0.15) is 0 Å². The van der Waals surface area contributed by atoms with Crippen molar-refractivity contribution < 1.29 is 0 Å². The topological polar surface area (TPSA) is 26.0 Å². The minimum atomic E-state index is 0.701. The first-order valence-corrected chi connectivity index (χ1v) is 6.69. The summed E-state index contributed by atoms with van der Waals surface area (Å²) in [6, 6.07) is 6.34. The van der Waals surface area contributed by atoms with Crippen LogP contribution in [-0.2, 0) is 6.42 Å². The number of rotatable bonds is 2. The largest absolute Gasteiger partial charge is 0.330 e. The van der Waals surface area contributed by atoms with E-state index in [1.807, 2.05) is 11.3 Å². The zero-order valence-corrected chi connectivity index (χ0v) is 11.4. The highest BCUT2D eigenvalue weighted by molar-refractivity contribution is 9.11. The van der Waals surface area contributed by atoms with Gasteiger partial charge < -0.3 is 5.73 Å². The monoisotopic (exact) mass is 333 g/mol. The first-order chi connectivity index (χ1) is 6.72. The van der Waals surface area contributed by atoms with Crippen molar-refractivity contribution in [2.24, 2.45) is 5.73 Å². The molecule has 0 bridgehead atoms. The van der Waals surface area contributed by atoms with Crippen molar-refractivity contribution in [2.75, 3.05) is 6.54 Å². The molecule has 0 aliphatic rings. The zero-order chi connectivity index (χ0) is 10.1. The summed E-state index contributed by atoms with van der Waals surface area (Å²) < 4.78 is 3.62. The molecular weight excluding hydrogens is 326 g/mol. The Morgan fingerprint density at radius 2 is 2.07 bits per heavy atom. The van der Waals surface area contributed by atoms with Gasteiger partial charge in [0.2, 0.25) is 0 Å². The van der Waals surface area contributed by atoms with Gasteiger partial charge in [-0.3, -0.25) is 0 Å². The van der Waals surface area contributed by atoms with Gasteiger partial charge in [-0.15, -0.1) is 11.3 Å². The van der Waals surface area contributed by atoms with Crippen LogP contribution in [0.5, 0.6) is 0 Å². The van der Waals surface area contributed by atoms with E-state index in [9.17, 15) is 0 Å². The molecule has 0 spiro atoms. The molecule has 2 rings (SSSR count). The number of halogens is 2. The average Bonchev–Trinajstić information content (AvgIpc) is 2.46. The summed E-state index contributed by atoms with van der Waals surface area (Å²) in [5.74, 6) is 0. The molecule has 0 fully saturated rings. The number of benzene rings is 1. The van der Waals surface area contributed by atoms with E-state index in [4.69, 9.17) is 5.73 Å². The predicted molar refractivity (Wildman–Crippen MR) is 70.0 cm³/mol. The highest BCUT2D eigenvalue weighted by atomic mass is 79.9. The van der Waals surface area contributed by atoms with E-state index >= 15 is 0 Å². The number of thiophene rings is 1. The lowest BCUT2D eigenvalue weighted by Gasteiger charge is -1.93. The molecular formula is C10H9Br2NS. The van der Waals surface area contributed by atoms with Gasteiger partial charge in [0.15, 0.2) is 0 Å². The Hall–Kier alpha value is 0.1000. The average molecular weight is 335 g/mol. The van der Waals surface area contributed by atoms with Crippen LogP contribution in [0.25, 0.3) is 10.1 Å². The third kappa shape index (κ3) is 1.89. The SMILES string of the molecule is NCCc1sc2ccc(Br)cc2c1Br. The van der Waals surface area contributed by atoms with Crippen LogP contribution in [0, 0.1) is 0 Å². The maximum absolute atomic E-state index is 5.56. The van der Waals surface area contributed by atoms with Gasteiger partial charge in [0.05, 0.1) is 0 Å². The van der Waals surface area contributed by atoms with Crippen LogP contribution in [0.3, 0.4) is 0 Å². The second kappa shape index (κ2) is 4.31. The van der Waals surface area contributed by atoms with Crippen molar-refractivity contribution in [3.8, 4) is 0 Å². The van der Waals surface area contributed by atoms with Crippen LogP contribution in [-0.4, -0.2) is 6.54 Å². The van der Waals surface area contributed by atoms with Gasteiger partial charge in [0.1, 0.15) is 0 Å². The second-order valence-corrected chi connectivity index (χ2v) is 5.86. The fourth-order valence-electron chi connectivity index (χ4n) is 1.38. The molecule has 0 aliphatic carbocycles. The van der Waals surface area contributed by atoms with E-state index in [0.717, 1.165) is 10.9 Å². The standard InChI is InChI=1S/C10H9Br2NS/c11-6-1-2-8-7(5-6)10(12)9(14-8)3-4-13/h1-2,5H,3-4,13H2. The molecule has 0 amide bonds. The van der Waals surface area contributed by atoms with E-state index in [0.29, 0.717) is 6.54 Å². The molecule has 1 heterocycles. The molecule has 0 aliphatic heterocycles. The highest BCUT2D eigenvalue weighted by Crippen LogP contribution is 2.37. The van der Waals surface area contributed by atoms with Crippen LogP contribution in [0.1, 0.15) is 4.88 Å². The van der Waals surface area contributed by atoms with Gasteiger partial charge in [0, 0.05) is 23.9 Å². The van der Waals surface area contributed by atoms with Crippen molar-refractivity contribution in [1.29, 1.82) is 0 Å². The highest BCUT2D eigenvalue weighted by Gasteiger charge is 2.08. The smallest absolute Gasteiger partial charge is 0.0394 e. The van der Waals surface area contributed by atoms with Crippen molar-refractivity contribution in [1.82, 2.24) is 0 Å². The van der Waals surface area contributed by atoms with Crippen molar-refractivity contribution in [2.45, 2.75) is 6.42 Å². The van der Waals surface area contributed by atoms with Crippen molar-refractivity contribution in [3.05, 3.63) is 32.0 Å². The molecule has 0 atom stereocenters. The molecule has 0 radical (unpaired) electrons. The first kappa shape index (κ1) is 10.6. The fraction of sp³-hybridized carbons (Fsp3) is 0.200. The molecule has 2 N–H and O–H groups in total. The van der Waals surface area contributed by atoms with E-state index in [1.54, 1.807) is 0 Å². The van der Waals surface area contributed by atoms with Gasteiger partial charge in [-0.1, -0.05) is 15.9 Å². The van der Waals surface area contributed by atoms with Crippen LogP contribution in [0.4, 0.5) is 0 Å². The second-order valence-electron chi connectivity index (χ2n) is 3.02. The summed E-state index contributed by atoms with van der Waals surface area (Å²) in [6.45, 7) is 0.701. The van der Waals surface area contributed by atoms with Crippen LogP contribution in [0.2, 0.25) is 0 Å². The maximum atomic E-state index is 5.56. The Bertz CT molecular complexity index is 464. The summed E-state index contributed by atoms with van der Waals surface area (Å²) in [4.78, 5) is 1.33. The lowest BCUT2D eigenvalue weighted by molar-refractivity contribution is 0.985. The lowest BCUT2D eigenvalue weighted by atomic mass is 10.2. The molecule has 1 aromatic heterocycles. The lowest BCUT2D eigenvalue weighted by Crippen LogP contribution is -2.01. The van der Waals surface area contributed by atoms with Crippen LogP contribution >= 0.6 is 43.2 Å². The molecule has 1 nitrogen and oxygen atoms in total. The van der Waals surface area contributed by atoms with Gasteiger partial charge in [-0.05, 0) is 47.1 Å². The van der Waals surface area contributed by atoms with E-state index in [-0.39, 0.29) is 0 Å². The number of fused-ring (bicyclic) bond motifs is 1. The Labute approximate surface area is 104 Å². The Balaban J connectivity index is 2.62. The number of hydrogen-bond donors (Lipinski definition) is 1. The molecule has 0 unspecified atom stereocenters. The van der Waals surface area contributed by atoms with E-state index in [2.05, 4.69) is 50.1 Å². The Kier molecular flexibility index (Phi) is 3.27. The Morgan fingerprint density at radius 3 is 2.79 bits per heavy atom. The zero-order valence-electron chi connectivity index (χ0n) is 7.39. The van der Waals surface area contributed by atoms with Gasteiger partial charge >= 0.3 is 0 Å². The fourth-order valence-corrected chi connectivity index (χ4v) is 3.74. The number of hydrogen-bond acceptors (Lipinski definition) is 2. The molecule has 0 saturated heterocycles. The molecule has 4 heteroatoms. The third-order valence-electron chi connectivity index (χ3n) is 2.03. The third-order valence-corrected chi connectivity index (χ3v) is 4.92. The van der Waals surface area contributed by atoms with Crippen LogP contribution < -0.4 is 5.73 Å². The van der Waals surface area contributed by atoms with Gasteiger partial charge in [-0.25, -0.2) is 0 Å². The van der Waals surface area contributed by atoms with Gasteiger partial charge in [0.25, 0.3) is 0 Å². The summed E-state index contributed by atoms with van der Waals surface area (Å²) in [5, 5.41) is 1.27. The van der Waals surface area contributed by atoms with E-state index in [1.165, 1.54) is 19.4 Å². The minimum Gasteiger partial charge on any atom is -0.330 e. The summed E-state index contributed by atoms with van der Waals surface area (Å²) in [6.07, 6.45) is 0.942. The minimum absolute atomic E-state index is 0.701. The molecule has 1 aromatic carbocycles. The van der Waals surface area contributed by atoms with Crippen molar-refractivity contribution >= 4 is 53.3 Å². The predicted octanol–water partition coefficient (Wildman–Crippen LogP) is 3.93. The summed E-state index contributed by atoms with van der Waals surface area (Å²) in [7, 11) is 0. The van der Waals surface area contributed by atoms with Crippen LogP contribution in [0.15, 0.2) is 27.1 Å². The van der Waals surface area contributed by atoms with E-state index < -0.39 is 0 Å².